The fourth-order valence-corrected chi connectivity index (χ4v) is 6.11. The second-order valence-electron chi connectivity index (χ2n) is 8.71. The predicted octanol–water partition coefficient (Wildman–Crippen LogP) is -0.397. The lowest BCUT2D eigenvalue weighted by molar-refractivity contribution is 0.210. The Morgan fingerprint density at radius 3 is 2.26 bits per heavy atom. The molecule has 2 aliphatic rings. The average Bonchev–Trinajstić information content (AvgIpc) is 3.28. The van der Waals surface area contributed by atoms with Gasteiger partial charge in [0.2, 0.25) is 5.95 Å². The molecule has 0 bridgehead atoms. The van der Waals surface area contributed by atoms with Gasteiger partial charge in [-0.05, 0) is 19.2 Å². The Bertz CT molecular complexity index is 1330. The van der Waals surface area contributed by atoms with Gasteiger partial charge in [0.15, 0.2) is 17.0 Å². The Hall–Kier alpha value is -3.20. The molecule has 0 unspecified atom stereocenters. The van der Waals surface area contributed by atoms with E-state index >= 15 is 0 Å². The summed E-state index contributed by atoms with van der Waals surface area (Å²) in [5.41, 5.74) is 14.3. The van der Waals surface area contributed by atoms with Crippen LogP contribution in [-0.4, -0.2) is 108 Å². The molecule has 5 rings (SSSR count). The number of imidazole rings is 1. The zero-order chi connectivity index (χ0) is 24.7. The standard InChI is InChI=1S/C21H30N10O3S/c1-27-5-9-29(10-6-27)35(32,33)30-11-7-28(8-12-30)15-3-4-16(17(13-15)34-2)31-14-24-18-19(22)25-21(23)26-20(18)31/h3-4,13-14H,5-12H2,1-2H3,(H4,22,23,25,26). The SMILES string of the molecule is COc1cc(N2CCN(S(=O)(=O)N3CCN(C)CC3)CC2)ccc1-n1cnc2c(N)nc(N)nc21. The molecule has 2 aliphatic heterocycles. The Morgan fingerprint density at radius 2 is 1.60 bits per heavy atom. The predicted molar refractivity (Wildman–Crippen MR) is 134 cm³/mol. The van der Waals surface area contributed by atoms with Gasteiger partial charge in [0.05, 0.1) is 12.8 Å². The van der Waals surface area contributed by atoms with E-state index in [-0.39, 0.29) is 11.8 Å². The first-order valence-corrected chi connectivity index (χ1v) is 12.8. The van der Waals surface area contributed by atoms with Crippen LogP contribution in [0, 0.1) is 0 Å². The Morgan fingerprint density at radius 1 is 0.943 bits per heavy atom. The first-order valence-electron chi connectivity index (χ1n) is 11.4. The smallest absolute Gasteiger partial charge is 0.282 e. The van der Waals surface area contributed by atoms with Crippen LogP contribution < -0.4 is 21.1 Å². The summed E-state index contributed by atoms with van der Waals surface area (Å²) < 4.78 is 36.8. The third kappa shape index (κ3) is 4.33. The Balaban J connectivity index is 1.34. The number of nitrogen functional groups attached to an aromatic ring is 2. The van der Waals surface area contributed by atoms with Crippen LogP contribution in [0.15, 0.2) is 24.5 Å². The number of ether oxygens (including phenoxy) is 1. The maximum atomic E-state index is 13.1. The Kier molecular flexibility index (Phi) is 6.13. The molecule has 1 aromatic carbocycles. The Labute approximate surface area is 204 Å². The number of methoxy groups -OCH3 is 1. The van der Waals surface area contributed by atoms with Gasteiger partial charge in [0, 0.05) is 64.1 Å². The summed E-state index contributed by atoms with van der Waals surface area (Å²) in [7, 11) is 0.162. The number of fused-ring (bicyclic) bond motifs is 1. The summed E-state index contributed by atoms with van der Waals surface area (Å²) in [5.74, 6) is 0.896. The molecule has 4 N–H and O–H groups in total. The van der Waals surface area contributed by atoms with Gasteiger partial charge in [-0.15, -0.1) is 0 Å². The van der Waals surface area contributed by atoms with Crippen LogP contribution in [0.5, 0.6) is 5.75 Å². The van der Waals surface area contributed by atoms with Crippen molar-refractivity contribution >= 4 is 38.8 Å². The fourth-order valence-electron chi connectivity index (χ4n) is 4.54. The zero-order valence-electron chi connectivity index (χ0n) is 19.8. The topological polar surface area (TPSA) is 152 Å². The van der Waals surface area contributed by atoms with E-state index in [1.807, 2.05) is 25.2 Å². The molecule has 0 aliphatic carbocycles. The van der Waals surface area contributed by atoms with Crippen LogP contribution in [0.2, 0.25) is 0 Å². The quantitative estimate of drug-likeness (QED) is 0.471. The molecule has 4 heterocycles. The van der Waals surface area contributed by atoms with Crippen LogP contribution in [0.3, 0.4) is 0 Å². The fraction of sp³-hybridized carbons (Fsp3) is 0.476. The number of likely N-dealkylation sites (N-methyl/N-ethyl adjacent to an activating group) is 1. The molecule has 0 saturated carbocycles. The van der Waals surface area contributed by atoms with Crippen LogP contribution in [0.25, 0.3) is 16.9 Å². The molecule has 2 saturated heterocycles. The number of piperazine rings is 2. The van der Waals surface area contributed by atoms with Crippen molar-refractivity contribution < 1.29 is 13.2 Å². The molecule has 35 heavy (non-hydrogen) atoms. The summed E-state index contributed by atoms with van der Waals surface area (Å²) in [6, 6.07) is 5.82. The summed E-state index contributed by atoms with van der Waals surface area (Å²) in [6.45, 7) is 4.60. The molecule has 188 valence electrons. The maximum Gasteiger partial charge on any atom is 0.282 e. The molecule has 3 aromatic rings. The van der Waals surface area contributed by atoms with Crippen molar-refractivity contribution in [2.24, 2.45) is 0 Å². The number of aromatic nitrogens is 4. The highest BCUT2D eigenvalue weighted by Gasteiger charge is 2.34. The first-order chi connectivity index (χ1) is 16.8. The van der Waals surface area contributed by atoms with Gasteiger partial charge in [-0.3, -0.25) is 4.57 Å². The minimum atomic E-state index is -3.45. The summed E-state index contributed by atoms with van der Waals surface area (Å²) >= 11 is 0. The van der Waals surface area contributed by atoms with Crippen molar-refractivity contribution in [3.8, 4) is 11.4 Å². The van der Waals surface area contributed by atoms with Crippen molar-refractivity contribution in [1.82, 2.24) is 33.0 Å². The van der Waals surface area contributed by atoms with E-state index in [1.165, 1.54) is 0 Å². The van der Waals surface area contributed by atoms with E-state index in [0.29, 0.717) is 56.2 Å². The molecule has 0 atom stereocenters. The number of nitrogens with two attached hydrogens (primary N) is 2. The van der Waals surface area contributed by atoms with Crippen molar-refractivity contribution in [3.63, 3.8) is 0 Å². The normalized spacial score (nSPS) is 18.9. The molecular formula is C21H30N10O3S. The second-order valence-corrected chi connectivity index (χ2v) is 10.6. The summed E-state index contributed by atoms with van der Waals surface area (Å²) in [5, 5.41) is 0. The van der Waals surface area contributed by atoms with Gasteiger partial charge < -0.3 is 26.0 Å². The van der Waals surface area contributed by atoms with E-state index in [9.17, 15) is 8.42 Å². The molecule has 0 amide bonds. The average molecular weight is 503 g/mol. The number of hydrogen-bond donors (Lipinski definition) is 2. The maximum absolute atomic E-state index is 13.1. The van der Waals surface area contributed by atoms with E-state index in [2.05, 4.69) is 24.8 Å². The van der Waals surface area contributed by atoms with E-state index < -0.39 is 10.2 Å². The molecule has 14 heteroatoms. The summed E-state index contributed by atoms with van der Waals surface area (Å²) in [4.78, 5) is 16.9. The van der Waals surface area contributed by atoms with Crippen molar-refractivity contribution in [2.75, 3.05) is 82.9 Å². The van der Waals surface area contributed by atoms with E-state index in [1.54, 1.807) is 26.6 Å². The van der Waals surface area contributed by atoms with Gasteiger partial charge in [-0.2, -0.15) is 27.0 Å². The van der Waals surface area contributed by atoms with Gasteiger partial charge in [-0.1, -0.05) is 0 Å². The second kappa shape index (κ2) is 9.11. The molecule has 0 spiro atoms. The lowest BCUT2D eigenvalue weighted by Crippen LogP contribution is -2.56. The molecule has 13 nitrogen and oxygen atoms in total. The van der Waals surface area contributed by atoms with Crippen molar-refractivity contribution in [2.45, 2.75) is 0 Å². The van der Waals surface area contributed by atoms with Crippen LogP contribution in [-0.2, 0) is 10.2 Å². The minimum absolute atomic E-state index is 0.0664. The molecule has 0 radical (unpaired) electrons. The van der Waals surface area contributed by atoms with E-state index in [0.717, 1.165) is 24.5 Å². The monoisotopic (exact) mass is 502 g/mol. The molecular weight excluding hydrogens is 472 g/mol. The number of hydrogen-bond acceptors (Lipinski definition) is 10. The highest BCUT2D eigenvalue weighted by molar-refractivity contribution is 7.86. The third-order valence-corrected chi connectivity index (χ3v) is 8.62. The van der Waals surface area contributed by atoms with Crippen molar-refractivity contribution in [1.29, 1.82) is 0 Å². The van der Waals surface area contributed by atoms with Gasteiger partial charge in [0.1, 0.15) is 12.1 Å². The third-order valence-electron chi connectivity index (χ3n) is 6.58. The van der Waals surface area contributed by atoms with Gasteiger partial charge >= 0.3 is 0 Å². The molecule has 2 fully saturated rings. The zero-order valence-corrected chi connectivity index (χ0v) is 20.6. The van der Waals surface area contributed by atoms with Gasteiger partial charge in [0.25, 0.3) is 10.2 Å². The number of nitrogens with zero attached hydrogens (tertiary/aromatic N) is 8. The number of anilines is 3. The molecule has 2 aromatic heterocycles. The minimum Gasteiger partial charge on any atom is -0.494 e. The summed E-state index contributed by atoms with van der Waals surface area (Å²) in [6.07, 6.45) is 1.61. The first kappa shape index (κ1) is 23.5. The number of rotatable bonds is 5. The largest absolute Gasteiger partial charge is 0.494 e. The van der Waals surface area contributed by atoms with E-state index in [4.69, 9.17) is 16.2 Å². The number of benzene rings is 1. The highest BCUT2D eigenvalue weighted by Crippen LogP contribution is 2.32. The lowest BCUT2D eigenvalue weighted by Gasteiger charge is -2.39. The van der Waals surface area contributed by atoms with Crippen molar-refractivity contribution in [3.05, 3.63) is 24.5 Å². The van der Waals surface area contributed by atoms with Crippen LogP contribution in [0.4, 0.5) is 17.5 Å². The lowest BCUT2D eigenvalue weighted by atomic mass is 10.2. The van der Waals surface area contributed by atoms with Crippen LogP contribution >= 0.6 is 0 Å². The highest BCUT2D eigenvalue weighted by atomic mass is 32.2. The van der Waals surface area contributed by atoms with Crippen LogP contribution in [0.1, 0.15) is 0 Å². The van der Waals surface area contributed by atoms with Gasteiger partial charge in [-0.25, -0.2) is 4.98 Å².